The molecule has 0 aromatic carbocycles. The number of morpholine rings is 1. The highest BCUT2D eigenvalue weighted by atomic mass is 19.1. The van der Waals surface area contributed by atoms with Gasteiger partial charge in [-0.3, -0.25) is 0 Å². The van der Waals surface area contributed by atoms with Gasteiger partial charge in [-0.2, -0.15) is 0 Å². The Hall–Kier alpha value is -1.20. The highest BCUT2D eigenvalue weighted by Gasteiger charge is 2.38. The zero-order chi connectivity index (χ0) is 12.4. The quantitative estimate of drug-likeness (QED) is 0.813. The normalized spacial score (nSPS) is 28.6. The minimum absolute atomic E-state index is 0.166. The molecule has 2 fully saturated rings. The first kappa shape index (κ1) is 11.9. The maximum Gasteiger partial charge on any atom is 0.165 e. The van der Waals surface area contributed by atoms with E-state index in [1.54, 1.807) is 12.3 Å². The maximum atomic E-state index is 13.8. The van der Waals surface area contributed by atoms with Gasteiger partial charge in [0.25, 0.3) is 0 Å². The van der Waals surface area contributed by atoms with Crippen molar-refractivity contribution in [2.45, 2.75) is 18.4 Å². The molecular formula is C13H18FN3O. The van der Waals surface area contributed by atoms with E-state index >= 15 is 0 Å². The fourth-order valence-electron chi connectivity index (χ4n) is 2.86. The van der Waals surface area contributed by atoms with Gasteiger partial charge < -0.3 is 15.0 Å². The fourth-order valence-corrected chi connectivity index (χ4v) is 2.86. The number of hydrogen-bond donors (Lipinski definition) is 1. The van der Waals surface area contributed by atoms with Gasteiger partial charge in [-0.25, -0.2) is 9.37 Å². The molecule has 18 heavy (non-hydrogen) atoms. The van der Waals surface area contributed by atoms with E-state index in [9.17, 15) is 4.39 Å². The van der Waals surface area contributed by atoms with E-state index in [0.29, 0.717) is 12.4 Å². The number of pyridine rings is 1. The lowest BCUT2D eigenvalue weighted by Crippen LogP contribution is -2.59. The molecule has 1 aromatic heterocycles. The predicted molar refractivity (Wildman–Crippen MR) is 67.2 cm³/mol. The number of rotatable bonds is 1. The molecule has 1 unspecified atom stereocenters. The molecule has 2 aliphatic rings. The van der Waals surface area contributed by atoms with Gasteiger partial charge >= 0.3 is 0 Å². The molecule has 4 nitrogen and oxygen atoms in total. The van der Waals surface area contributed by atoms with Crippen molar-refractivity contribution < 1.29 is 9.13 Å². The van der Waals surface area contributed by atoms with Crippen LogP contribution in [0, 0.1) is 5.82 Å². The van der Waals surface area contributed by atoms with Crippen LogP contribution >= 0.6 is 0 Å². The number of hydrogen-bond acceptors (Lipinski definition) is 4. The summed E-state index contributed by atoms with van der Waals surface area (Å²) in [7, 11) is 0. The number of nitrogens with zero attached hydrogens (tertiary/aromatic N) is 2. The number of ether oxygens (including phenoxy) is 1. The lowest BCUT2D eigenvalue weighted by atomic mass is 9.91. The van der Waals surface area contributed by atoms with Crippen molar-refractivity contribution in [1.29, 1.82) is 0 Å². The molecule has 5 heteroatoms. The summed E-state index contributed by atoms with van der Waals surface area (Å²) in [5.41, 5.74) is -0.166. The summed E-state index contributed by atoms with van der Waals surface area (Å²) in [6.07, 6.45) is 3.68. The molecule has 0 saturated carbocycles. The van der Waals surface area contributed by atoms with Crippen molar-refractivity contribution in [3.63, 3.8) is 0 Å². The van der Waals surface area contributed by atoms with Crippen LogP contribution in [-0.2, 0) is 4.74 Å². The first-order valence-corrected chi connectivity index (χ1v) is 6.49. The third-order valence-corrected chi connectivity index (χ3v) is 3.71. The predicted octanol–water partition coefficient (Wildman–Crippen LogP) is 1.18. The van der Waals surface area contributed by atoms with E-state index in [1.807, 2.05) is 4.90 Å². The smallest absolute Gasteiger partial charge is 0.165 e. The van der Waals surface area contributed by atoms with Gasteiger partial charge in [0.1, 0.15) is 0 Å². The third-order valence-electron chi connectivity index (χ3n) is 3.71. The second-order valence-corrected chi connectivity index (χ2v) is 5.04. The summed E-state index contributed by atoms with van der Waals surface area (Å²) in [5, 5.41) is 3.37. The Morgan fingerprint density at radius 3 is 3.22 bits per heavy atom. The topological polar surface area (TPSA) is 37.4 Å². The number of nitrogens with one attached hydrogen (secondary N) is 1. The summed E-state index contributed by atoms with van der Waals surface area (Å²) in [6.45, 7) is 4.04. The van der Waals surface area contributed by atoms with E-state index in [2.05, 4.69) is 10.3 Å². The molecule has 2 aliphatic heterocycles. The van der Waals surface area contributed by atoms with Crippen molar-refractivity contribution in [3.05, 3.63) is 24.1 Å². The first-order chi connectivity index (χ1) is 8.79. The molecule has 2 saturated heterocycles. The fraction of sp³-hybridized carbons (Fsp3) is 0.615. The molecule has 0 aliphatic carbocycles. The molecule has 1 spiro atoms. The van der Waals surface area contributed by atoms with Gasteiger partial charge in [-0.05, 0) is 25.0 Å². The molecule has 0 bridgehead atoms. The molecule has 3 heterocycles. The van der Waals surface area contributed by atoms with Crippen LogP contribution in [0.2, 0.25) is 0 Å². The van der Waals surface area contributed by atoms with Gasteiger partial charge in [0.15, 0.2) is 11.6 Å². The van der Waals surface area contributed by atoms with Crippen LogP contribution in [0.4, 0.5) is 10.2 Å². The van der Waals surface area contributed by atoms with Crippen LogP contribution < -0.4 is 10.2 Å². The van der Waals surface area contributed by atoms with Gasteiger partial charge in [0, 0.05) is 32.4 Å². The zero-order valence-electron chi connectivity index (χ0n) is 10.4. The monoisotopic (exact) mass is 251 g/mol. The van der Waals surface area contributed by atoms with Crippen LogP contribution in [-0.4, -0.2) is 43.4 Å². The second kappa shape index (κ2) is 4.82. The van der Waals surface area contributed by atoms with Crippen LogP contribution in [0.15, 0.2) is 18.3 Å². The average Bonchev–Trinajstić information content (AvgIpc) is 2.40. The third kappa shape index (κ3) is 2.20. The minimum atomic E-state index is -0.252. The summed E-state index contributed by atoms with van der Waals surface area (Å²) in [6, 6.07) is 3.08. The Kier molecular flexibility index (Phi) is 3.18. The standard InChI is InChI=1S/C13H18FN3O/c14-11-3-1-5-16-12(11)17-7-2-4-13(10-17)9-15-6-8-18-13/h1,3,5,15H,2,4,6-10H2. The lowest BCUT2D eigenvalue weighted by molar-refractivity contribution is -0.0727. The van der Waals surface area contributed by atoms with Crippen molar-refractivity contribution in [2.24, 2.45) is 0 Å². The van der Waals surface area contributed by atoms with Crippen LogP contribution in [0.1, 0.15) is 12.8 Å². The van der Waals surface area contributed by atoms with E-state index in [-0.39, 0.29) is 11.4 Å². The second-order valence-electron chi connectivity index (χ2n) is 5.04. The summed E-state index contributed by atoms with van der Waals surface area (Å²) >= 11 is 0. The van der Waals surface area contributed by atoms with Gasteiger partial charge in [-0.15, -0.1) is 0 Å². The van der Waals surface area contributed by atoms with Crippen molar-refractivity contribution >= 4 is 5.82 Å². The zero-order valence-corrected chi connectivity index (χ0v) is 10.4. The van der Waals surface area contributed by atoms with E-state index in [0.717, 1.165) is 39.1 Å². The highest BCUT2D eigenvalue weighted by Crippen LogP contribution is 2.29. The molecule has 1 atom stereocenters. The average molecular weight is 251 g/mol. The molecule has 3 rings (SSSR count). The lowest BCUT2D eigenvalue weighted by Gasteiger charge is -2.45. The Morgan fingerprint density at radius 2 is 2.44 bits per heavy atom. The van der Waals surface area contributed by atoms with E-state index < -0.39 is 0 Å². The highest BCUT2D eigenvalue weighted by molar-refractivity contribution is 5.41. The largest absolute Gasteiger partial charge is 0.371 e. The molecule has 1 aromatic rings. The molecule has 1 N–H and O–H groups in total. The van der Waals surface area contributed by atoms with E-state index in [4.69, 9.17) is 4.74 Å². The van der Waals surface area contributed by atoms with Gasteiger partial charge in [0.05, 0.1) is 12.2 Å². The van der Waals surface area contributed by atoms with Crippen LogP contribution in [0.5, 0.6) is 0 Å². The summed E-state index contributed by atoms with van der Waals surface area (Å²) in [5.74, 6) is 0.198. The Bertz CT molecular complexity index is 415. The molecular weight excluding hydrogens is 233 g/mol. The van der Waals surface area contributed by atoms with Gasteiger partial charge in [0.2, 0.25) is 0 Å². The number of piperidine rings is 1. The summed E-state index contributed by atoms with van der Waals surface area (Å²) < 4.78 is 19.7. The number of anilines is 1. The minimum Gasteiger partial charge on any atom is -0.371 e. The van der Waals surface area contributed by atoms with Crippen molar-refractivity contribution in [2.75, 3.05) is 37.7 Å². The number of halogens is 1. The number of aromatic nitrogens is 1. The van der Waals surface area contributed by atoms with Crippen LogP contribution in [0.25, 0.3) is 0 Å². The molecule has 0 amide bonds. The van der Waals surface area contributed by atoms with Crippen molar-refractivity contribution in [1.82, 2.24) is 10.3 Å². The van der Waals surface area contributed by atoms with Crippen LogP contribution in [0.3, 0.4) is 0 Å². The first-order valence-electron chi connectivity index (χ1n) is 6.49. The van der Waals surface area contributed by atoms with Gasteiger partial charge in [-0.1, -0.05) is 0 Å². The molecule has 98 valence electrons. The summed E-state index contributed by atoms with van der Waals surface area (Å²) in [4.78, 5) is 6.16. The Balaban J connectivity index is 1.80. The van der Waals surface area contributed by atoms with Crippen molar-refractivity contribution in [3.8, 4) is 0 Å². The Morgan fingerprint density at radius 1 is 1.50 bits per heavy atom. The maximum absolute atomic E-state index is 13.8. The SMILES string of the molecule is Fc1cccnc1N1CCCC2(CNCCO2)C1. The van der Waals surface area contributed by atoms with E-state index in [1.165, 1.54) is 6.07 Å². The Labute approximate surface area is 106 Å². The molecule has 0 radical (unpaired) electrons.